The van der Waals surface area contributed by atoms with Crippen LogP contribution in [0.2, 0.25) is 0 Å². The van der Waals surface area contributed by atoms with Gasteiger partial charge in [-0.3, -0.25) is 0 Å². The van der Waals surface area contributed by atoms with Gasteiger partial charge in [-0.2, -0.15) is 0 Å². The second-order valence-corrected chi connectivity index (χ2v) is 7.04. The number of esters is 1. The highest BCUT2D eigenvalue weighted by molar-refractivity contribution is 8.00. The van der Waals surface area contributed by atoms with Gasteiger partial charge in [0.1, 0.15) is 6.10 Å². The summed E-state index contributed by atoms with van der Waals surface area (Å²) in [6.07, 6.45) is 3.53. The summed E-state index contributed by atoms with van der Waals surface area (Å²) in [5, 5.41) is 0. The van der Waals surface area contributed by atoms with Gasteiger partial charge < -0.3 is 9.47 Å². The van der Waals surface area contributed by atoms with Crippen LogP contribution in [-0.2, 0) is 14.3 Å². The van der Waals surface area contributed by atoms with Crippen molar-refractivity contribution in [1.82, 2.24) is 0 Å². The SMILES string of the molecule is CC(C)[C@H]1CC[C@H](C)C[C@@H]1OC(=O)[C@@H]1OCCS1. The Morgan fingerprint density at radius 1 is 1.39 bits per heavy atom. The monoisotopic (exact) mass is 272 g/mol. The lowest BCUT2D eigenvalue weighted by molar-refractivity contribution is -0.162. The van der Waals surface area contributed by atoms with Crippen LogP contribution in [0.25, 0.3) is 0 Å². The van der Waals surface area contributed by atoms with E-state index in [0.29, 0.717) is 24.4 Å². The lowest BCUT2D eigenvalue weighted by Crippen LogP contribution is -2.37. The number of carbonyl (C=O) groups is 1. The van der Waals surface area contributed by atoms with Crippen molar-refractivity contribution in [3.63, 3.8) is 0 Å². The first-order valence-electron chi connectivity index (χ1n) is 7.01. The number of thioether (sulfide) groups is 1. The van der Waals surface area contributed by atoms with E-state index in [-0.39, 0.29) is 17.5 Å². The maximum absolute atomic E-state index is 12.0. The third kappa shape index (κ3) is 3.41. The number of rotatable bonds is 3. The molecule has 1 aliphatic carbocycles. The molecule has 0 aromatic carbocycles. The molecule has 4 atom stereocenters. The predicted octanol–water partition coefficient (Wildman–Crippen LogP) is 3.08. The van der Waals surface area contributed by atoms with Crippen molar-refractivity contribution < 1.29 is 14.3 Å². The highest BCUT2D eigenvalue weighted by Crippen LogP contribution is 2.36. The maximum atomic E-state index is 12.0. The van der Waals surface area contributed by atoms with Crippen molar-refractivity contribution in [2.75, 3.05) is 12.4 Å². The quantitative estimate of drug-likeness (QED) is 0.740. The first-order chi connectivity index (χ1) is 8.58. The van der Waals surface area contributed by atoms with Gasteiger partial charge in [-0.25, -0.2) is 4.79 Å². The standard InChI is InChI=1S/C14H24O3S/c1-9(2)11-5-4-10(3)8-12(11)17-13(15)14-16-6-7-18-14/h9-12,14H,4-8H2,1-3H3/t10-,11+,12-,14+/m0/s1. The van der Waals surface area contributed by atoms with Crippen LogP contribution >= 0.6 is 11.8 Å². The van der Waals surface area contributed by atoms with Gasteiger partial charge in [-0.05, 0) is 30.6 Å². The van der Waals surface area contributed by atoms with Crippen molar-refractivity contribution in [1.29, 1.82) is 0 Å². The van der Waals surface area contributed by atoms with Crippen molar-refractivity contribution in [3.05, 3.63) is 0 Å². The summed E-state index contributed by atoms with van der Waals surface area (Å²) in [7, 11) is 0. The molecule has 104 valence electrons. The van der Waals surface area contributed by atoms with E-state index in [4.69, 9.17) is 9.47 Å². The van der Waals surface area contributed by atoms with Crippen molar-refractivity contribution in [3.8, 4) is 0 Å². The molecule has 1 saturated carbocycles. The van der Waals surface area contributed by atoms with Gasteiger partial charge in [-0.1, -0.05) is 27.2 Å². The highest BCUT2D eigenvalue weighted by Gasteiger charge is 2.36. The fourth-order valence-electron chi connectivity index (χ4n) is 2.95. The topological polar surface area (TPSA) is 35.5 Å². The Hall–Kier alpha value is -0.220. The van der Waals surface area contributed by atoms with Gasteiger partial charge in [0.25, 0.3) is 0 Å². The zero-order chi connectivity index (χ0) is 13.1. The molecule has 0 radical (unpaired) electrons. The zero-order valence-corrected chi connectivity index (χ0v) is 12.4. The third-order valence-electron chi connectivity index (χ3n) is 4.04. The zero-order valence-electron chi connectivity index (χ0n) is 11.6. The average Bonchev–Trinajstić information content (AvgIpc) is 2.81. The molecule has 0 amide bonds. The molecule has 0 aromatic rings. The van der Waals surface area contributed by atoms with Crippen molar-refractivity contribution >= 4 is 17.7 Å². The first kappa shape index (κ1) is 14.2. The third-order valence-corrected chi connectivity index (χ3v) is 5.08. The lowest BCUT2D eigenvalue weighted by atomic mass is 9.75. The molecule has 0 N–H and O–H groups in total. The number of ether oxygens (including phenoxy) is 2. The van der Waals surface area contributed by atoms with Gasteiger partial charge >= 0.3 is 5.97 Å². The van der Waals surface area contributed by atoms with Gasteiger partial charge in [0.05, 0.1) is 6.61 Å². The van der Waals surface area contributed by atoms with Gasteiger partial charge in [0, 0.05) is 5.75 Å². The van der Waals surface area contributed by atoms with E-state index in [9.17, 15) is 4.79 Å². The molecule has 1 saturated heterocycles. The minimum Gasteiger partial charge on any atom is -0.459 e. The normalized spacial score (nSPS) is 36.9. The minimum absolute atomic E-state index is 0.0889. The molecule has 1 aliphatic heterocycles. The van der Waals surface area contributed by atoms with E-state index in [1.807, 2.05) is 0 Å². The molecule has 3 nitrogen and oxygen atoms in total. The van der Waals surface area contributed by atoms with Gasteiger partial charge in [-0.15, -0.1) is 11.8 Å². The Kier molecular flexibility index (Phi) is 4.96. The van der Waals surface area contributed by atoms with Gasteiger partial charge in [0.15, 0.2) is 0 Å². The Morgan fingerprint density at radius 2 is 2.17 bits per heavy atom. The summed E-state index contributed by atoms with van der Waals surface area (Å²) in [5.74, 6) is 2.48. The molecule has 0 bridgehead atoms. The summed E-state index contributed by atoms with van der Waals surface area (Å²) in [5.41, 5.74) is -0.380. The van der Waals surface area contributed by atoms with Crippen LogP contribution in [0.4, 0.5) is 0 Å². The molecule has 2 aliphatic rings. The second kappa shape index (κ2) is 6.29. The fraction of sp³-hybridized carbons (Fsp3) is 0.929. The van der Waals surface area contributed by atoms with E-state index in [1.54, 1.807) is 11.8 Å². The van der Waals surface area contributed by atoms with Gasteiger partial charge in [0.2, 0.25) is 5.44 Å². The van der Waals surface area contributed by atoms with E-state index in [0.717, 1.165) is 12.2 Å². The summed E-state index contributed by atoms with van der Waals surface area (Å²) < 4.78 is 11.1. The number of carbonyl (C=O) groups excluding carboxylic acids is 1. The molecule has 0 aromatic heterocycles. The second-order valence-electron chi connectivity index (χ2n) is 5.87. The van der Waals surface area contributed by atoms with E-state index in [1.165, 1.54) is 12.8 Å². The van der Waals surface area contributed by atoms with Crippen molar-refractivity contribution in [2.45, 2.75) is 51.6 Å². The molecule has 0 unspecified atom stereocenters. The Morgan fingerprint density at radius 3 is 2.78 bits per heavy atom. The minimum atomic E-state index is -0.380. The fourth-order valence-corrected chi connectivity index (χ4v) is 3.74. The molecular weight excluding hydrogens is 248 g/mol. The molecule has 1 heterocycles. The van der Waals surface area contributed by atoms with Crippen LogP contribution in [0.3, 0.4) is 0 Å². The van der Waals surface area contributed by atoms with Crippen LogP contribution < -0.4 is 0 Å². The van der Waals surface area contributed by atoms with E-state index >= 15 is 0 Å². The highest BCUT2D eigenvalue weighted by atomic mass is 32.2. The largest absolute Gasteiger partial charge is 0.459 e. The molecule has 2 fully saturated rings. The summed E-state index contributed by atoms with van der Waals surface area (Å²) in [6, 6.07) is 0. The maximum Gasteiger partial charge on any atom is 0.346 e. The molecule has 2 rings (SSSR count). The lowest BCUT2D eigenvalue weighted by Gasteiger charge is -2.37. The summed E-state index contributed by atoms with van der Waals surface area (Å²) in [4.78, 5) is 12.0. The van der Waals surface area contributed by atoms with Crippen molar-refractivity contribution in [2.24, 2.45) is 17.8 Å². The predicted molar refractivity (Wildman–Crippen MR) is 73.4 cm³/mol. The Bertz CT molecular complexity index is 287. The average molecular weight is 272 g/mol. The van der Waals surface area contributed by atoms with Crippen LogP contribution in [-0.4, -0.2) is 29.9 Å². The van der Waals surface area contributed by atoms with E-state index in [2.05, 4.69) is 20.8 Å². The summed E-state index contributed by atoms with van der Waals surface area (Å²) in [6.45, 7) is 7.36. The first-order valence-corrected chi connectivity index (χ1v) is 8.06. The molecule has 18 heavy (non-hydrogen) atoms. The number of hydrogen-bond acceptors (Lipinski definition) is 4. The molecular formula is C14H24O3S. The molecule has 0 spiro atoms. The van der Waals surface area contributed by atoms with Crippen LogP contribution in [0, 0.1) is 17.8 Å². The van der Waals surface area contributed by atoms with Crippen LogP contribution in [0.1, 0.15) is 40.0 Å². The summed E-state index contributed by atoms with van der Waals surface area (Å²) >= 11 is 1.55. The van der Waals surface area contributed by atoms with Crippen LogP contribution in [0.15, 0.2) is 0 Å². The van der Waals surface area contributed by atoms with E-state index < -0.39 is 0 Å². The molecule has 4 heteroatoms. The number of hydrogen-bond donors (Lipinski definition) is 0. The van der Waals surface area contributed by atoms with Crippen LogP contribution in [0.5, 0.6) is 0 Å². The Balaban J connectivity index is 1.93. The Labute approximate surface area is 114 Å². The smallest absolute Gasteiger partial charge is 0.346 e.